The molecule has 6 nitrogen and oxygen atoms in total. The van der Waals surface area contributed by atoms with Gasteiger partial charge >= 0.3 is 6.18 Å². The first-order chi connectivity index (χ1) is 14.9. The molecule has 2 aromatic rings. The number of aliphatic hydroxyl groups excluding tert-OH is 1. The van der Waals surface area contributed by atoms with Crippen molar-refractivity contribution in [1.29, 1.82) is 0 Å². The van der Waals surface area contributed by atoms with E-state index in [-0.39, 0.29) is 16.9 Å². The molecule has 1 aromatic heterocycles. The molecule has 0 saturated carbocycles. The van der Waals surface area contributed by atoms with Gasteiger partial charge < -0.3 is 19.9 Å². The number of alkyl halides is 3. The van der Waals surface area contributed by atoms with E-state index in [2.05, 4.69) is 10.3 Å². The summed E-state index contributed by atoms with van der Waals surface area (Å²) in [7, 11) is 1.05. The first-order valence-electron chi connectivity index (χ1n) is 9.57. The highest BCUT2D eigenvalue weighted by Crippen LogP contribution is 2.54. The molecule has 2 heterocycles. The molecule has 32 heavy (non-hydrogen) atoms. The summed E-state index contributed by atoms with van der Waals surface area (Å²) in [5, 5.41) is 11.6. The molecule has 0 bridgehead atoms. The van der Waals surface area contributed by atoms with Crippen LogP contribution in [-0.2, 0) is 16.1 Å². The van der Waals surface area contributed by atoms with Gasteiger partial charge in [0.2, 0.25) is 5.82 Å². The van der Waals surface area contributed by atoms with Crippen molar-refractivity contribution < 1.29 is 41.3 Å². The smallest absolute Gasteiger partial charge is 0.417 e. The van der Waals surface area contributed by atoms with Gasteiger partial charge in [-0.1, -0.05) is 13.0 Å². The number of methoxy groups -OCH3 is 1. The van der Waals surface area contributed by atoms with E-state index in [9.17, 15) is 31.9 Å². The Morgan fingerprint density at radius 3 is 2.59 bits per heavy atom. The fourth-order valence-electron chi connectivity index (χ4n) is 3.90. The summed E-state index contributed by atoms with van der Waals surface area (Å²) in [6.45, 7) is 1.62. The first kappa shape index (κ1) is 23.9. The van der Waals surface area contributed by atoms with Gasteiger partial charge in [-0.15, -0.1) is 0 Å². The molecular weight excluding hydrogens is 439 g/mol. The molecule has 11 heteroatoms. The third kappa shape index (κ3) is 4.02. The lowest BCUT2D eigenvalue weighted by Crippen LogP contribution is -2.47. The maximum absolute atomic E-state index is 14.3. The summed E-state index contributed by atoms with van der Waals surface area (Å²) >= 11 is 0. The maximum atomic E-state index is 14.3. The van der Waals surface area contributed by atoms with Crippen LogP contribution >= 0.6 is 0 Å². The second-order valence-electron chi connectivity index (χ2n) is 7.62. The molecule has 3 rings (SSSR count). The summed E-state index contributed by atoms with van der Waals surface area (Å²) in [6.07, 6.45) is -5.26. The molecule has 2 N–H and O–H groups in total. The standard InChI is InChI=1S/C21H21F5N2O4/c1-10-15(13-4-5-14(22)16(23)17(13)31-3)18(32-20(10,2)21(24,25)26)19(30)28-11-6-7-27-12(8-11)9-29/h4-8,10,15,18,29H,9H2,1-3H3,(H,27,28,30)/t10-,15-,18+,20+/m0/s1. The van der Waals surface area contributed by atoms with Gasteiger partial charge in [-0.05, 0) is 25.1 Å². The third-order valence-corrected chi connectivity index (χ3v) is 5.82. The predicted octanol–water partition coefficient (Wildman–Crippen LogP) is 3.94. The molecule has 1 fully saturated rings. The molecule has 0 unspecified atom stereocenters. The number of amides is 1. The largest absolute Gasteiger partial charge is 0.493 e. The summed E-state index contributed by atoms with van der Waals surface area (Å²) in [5.41, 5.74) is -2.48. The van der Waals surface area contributed by atoms with E-state index >= 15 is 0 Å². The SMILES string of the molecule is COc1c([C@H]2[C@H](C(=O)Nc3ccnc(CO)c3)O[C@@](C)(C(F)(F)F)[C@H]2C)ccc(F)c1F. The van der Waals surface area contributed by atoms with Gasteiger partial charge in [0.05, 0.1) is 19.4 Å². The van der Waals surface area contributed by atoms with E-state index in [4.69, 9.17) is 9.47 Å². The Morgan fingerprint density at radius 1 is 1.31 bits per heavy atom. The van der Waals surface area contributed by atoms with Crippen LogP contribution in [0.2, 0.25) is 0 Å². The minimum absolute atomic E-state index is 0.127. The van der Waals surface area contributed by atoms with E-state index < -0.39 is 59.6 Å². The molecule has 1 aromatic carbocycles. The molecule has 0 aliphatic carbocycles. The zero-order valence-electron chi connectivity index (χ0n) is 17.3. The molecule has 1 aliphatic heterocycles. The summed E-state index contributed by atoms with van der Waals surface area (Å²) in [6, 6.07) is 4.56. The lowest BCUT2D eigenvalue weighted by atomic mass is 9.77. The van der Waals surface area contributed by atoms with Gasteiger partial charge in [0.15, 0.2) is 17.2 Å². The highest BCUT2D eigenvalue weighted by molar-refractivity contribution is 5.95. The average Bonchev–Trinajstić information content (AvgIpc) is 3.02. The van der Waals surface area contributed by atoms with Crippen LogP contribution in [0, 0.1) is 17.6 Å². The number of aromatic nitrogens is 1. The number of carbonyl (C=O) groups is 1. The highest BCUT2D eigenvalue weighted by atomic mass is 19.4. The van der Waals surface area contributed by atoms with Crippen LogP contribution in [0.25, 0.3) is 0 Å². The number of hydrogen-bond donors (Lipinski definition) is 2. The maximum Gasteiger partial charge on any atom is 0.417 e. The zero-order valence-corrected chi connectivity index (χ0v) is 17.3. The average molecular weight is 460 g/mol. The zero-order chi connectivity index (χ0) is 23.8. The van der Waals surface area contributed by atoms with Crippen molar-refractivity contribution in [3.63, 3.8) is 0 Å². The number of halogens is 5. The monoisotopic (exact) mass is 460 g/mol. The van der Waals surface area contributed by atoms with Crippen LogP contribution in [0.4, 0.5) is 27.6 Å². The molecule has 1 aliphatic rings. The quantitative estimate of drug-likeness (QED) is 0.661. The van der Waals surface area contributed by atoms with E-state index in [1.807, 2.05) is 0 Å². The fourth-order valence-corrected chi connectivity index (χ4v) is 3.90. The first-order valence-corrected chi connectivity index (χ1v) is 9.57. The van der Waals surface area contributed by atoms with Gasteiger partial charge in [0.25, 0.3) is 5.91 Å². The van der Waals surface area contributed by atoms with E-state index in [1.165, 1.54) is 25.3 Å². The Bertz CT molecular complexity index is 1020. The highest BCUT2D eigenvalue weighted by Gasteiger charge is 2.65. The summed E-state index contributed by atoms with van der Waals surface area (Å²) in [5.74, 6) is -6.82. The lowest BCUT2D eigenvalue weighted by Gasteiger charge is -2.32. The number of pyridine rings is 1. The van der Waals surface area contributed by atoms with Gasteiger partial charge in [0, 0.05) is 29.3 Å². The molecule has 174 valence electrons. The van der Waals surface area contributed by atoms with Crippen molar-refractivity contribution in [1.82, 2.24) is 4.98 Å². The van der Waals surface area contributed by atoms with Crippen LogP contribution in [0.15, 0.2) is 30.5 Å². The van der Waals surface area contributed by atoms with Gasteiger partial charge in [0.1, 0.15) is 6.10 Å². The number of nitrogens with one attached hydrogen (secondary N) is 1. The Balaban J connectivity index is 2.07. The number of benzene rings is 1. The van der Waals surface area contributed by atoms with Crippen molar-refractivity contribution in [2.24, 2.45) is 5.92 Å². The third-order valence-electron chi connectivity index (χ3n) is 5.82. The number of carbonyl (C=O) groups excluding carboxylic acids is 1. The van der Waals surface area contributed by atoms with Gasteiger partial charge in [-0.25, -0.2) is 4.39 Å². The topological polar surface area (TPSA) is 80.7 Å². The fraction of sp³-hybridized carbons (Fsp3) is 0.429. The van der Waals surface area contributed by atoms with Crippen LogP contribution < -0.4 is 10.1 Å². The van der Waals surface area contributed by atoms with E-state index in [1.54, 1.807) is 0 Å². The van der Waals surface area contributed by atoms with Crippen molar-refractivity contribution in [2.45, 2.75) is 44.3 Å². The Hall–Kier alpha value is -2.79. The minimum Gasteiger partial charge on any atom is -0.493 e. The Labute approximate surface area is 180 Å². The predicted molar refractivity (Wildman–Crippen MR) is 103 cm³/mol. The molecular formula is C21H21F5N2O4. The van der Waals surface area contributed by atoms with Crippen LogP contribution in [0.1, 0.15) is 31.0 Å². The van der Waals surface area contributed by atoms with E-state index in [0.29, 0.717) is 0 Å². The summed E-state index contributed by atoms with van der Waals surface area (Å²) in [4.78, 5) is 16.9. The number of anilines is 1. The summed E-state index contributed by atoms with van der Waals surface area (Å²) < 4.78 is 80.0. The molecule has 0 spiro atoms. The van der Waals surface area contributed by atoms with Gasteiger partial charge in [-0.3, -0.25) is 9.78 Å². The van der Waals surface area contributed by atoms with Crippen molar-refractivity contribution in [2.75, 3.05) is 12.4 Å². The molecule has 4 atom stereocenters. The Morgan fingerprint density at radius 2 is 2.00 bits per heavy atom. The number of hydrogen-bond acceptors (Lipinski definition) is 5. The molecule has 0 radical (unpaired) electrons. The van der Waals surface area contributed by atoms with Crippen LogP contribution in [0.3, 0.4) is 0 Å². The lowest BCUT2D eigenvalue weighted by molar-refractivity contribution is -0.272. The second kappa shape index (κ2) is 8.62. The van der Waals surface area contributed by atoms with Crippen LogP contribution in [0.5, 0.6) is 5.75 Å². The number of nitrogens with zero attached hydrogens (tertiary/aromatic N) is 1. The van der Waals surface area contributed by atoms with Gasteiger partial charge in [-0.2, -0.15) is 17.6 Å². The normalized spacial score (nSPS) is 25.6. The van der Waals surface area contributed by atoms with Crippen LogP contribution in [-0.4, -0.2) is 41.0 Å². The van der Waals surface area contributed by atoms with E-state index in [0.717, 1.165) is 26.2 Å². The molecule has 1 amide bonds. The van der Waals surface area contributed by atoms with Crippen molar-refractivity contribution in [3.05, 3.63) is 53.4 Å². The number of rotatable bonds is 5. The van der Waals surface area contributed by atoms with Crippen molar-refractivity contribution >= 4 is 11.6 Å². The number of aliphatic hydroxyl groups is 1. The Kier molecular flexibility index (Phi) is 6.43. The van der Waals surface area contributed by atoms with Crippen molar-refractivity contribution in [3.8, 4) is 5.75 Å². The molecule has 1 saturated heterocycles. The number of ether oxygens (including phenoxy) is 2. The second-order valence-corrected chi connectivity index (χ2v) is 7.62. The minimum atomic E-state index is -4.85.